The van der Waals surface area contributed by atoms with Crippen molar-refractivity contribution in [2.45, 2.75) is 13.5 Å². The van der Waals surface area contributed by atoms with E-state index in [2.05, 4.69) is 5.32 Å². The summed E-state index contributed by atoms with van der Waals surface area (Å²) in [5.41, 5.74) is 5.53. The fourth-order valence-corrected chi connectivity index (χ4v) is 3.97. The number of para-hydroxylation sites is 1. The van der Waals surface area contributed by atoms with E-state index in [0.29, 0.717) is 23.5 Å². The molecule has 0 aliphatic heterocycles. The van der Waals surface area contributed by atoms with Crippen LogP contribution in [0.15, 0.2) is 114 Å². The number of hydrogen-bond acceptors (Lipinski definition) is 3. The molecule has 6 heteroatoms. The van der Waals surface area contributed by atoms with Crippen LogP contribution in [0.1, 0.15) is 21.5 Å². The topological polar surface area (TPSA) is 68.9 Å². The lowest BCUT2D eigenvalue weighted by Gasteiger charge is -2.09. The number of anilines is 1. The average molecular weight is 461 g/mol. The highest BCUT2D eigenvalue weighted by Crippen LogP contribution is 2.27. The van der Waals surface area contributed by atoms with Crippen LogP contribution in [-0.4, -0.2) is 20.3 Å². The monoisotopic (exact) mass is 460 g/mol. The molecule has 0 saturated carbocycles. The number of benzene rings is 3. The molecule has 0 unspecified atom stereocenters. The molecule has 2 heterocycles. The Hall–Kier alpha value is -4.71. The van der Waals surface area contributed by atoms with Gasteiger partial charge in [0.2, 0.25) is 0 Å². The maximum Gasteiger partial charge on any atom is 0.259 e. The minimum Gasteiger partial charge on any atom is -0.322 e. The van der Waals surface area contributed by atoms with Crippen molar-refractivity contribution in [3.63, 3.8) is 0 Å². The molecule has 1 amide bonds. The number of aromatic nitrogens is 3. The zero-order valence-electron chi connectivity index (χ0n) is 19.3. The van der Waals surface area contributed by atoms with E-state index in [4.69, 9.17) is 5.10 Å². The number of hydrogen-bond donors (Lipinski definition) is 1. The minimum atomic E-state index is -0.238. The van der Waals surface area contributed by atoms with Crippen LogP contribution in [0.4, 0.5) is 5.69 Å². The molecular weight excluding hydrogens is 436 g/mol. The van der Waals surface area contributed by atoms with E-state index in [9.17, 15) is 9.59 Å². The van der Waals surface area contributed by atoms with E-state index in [1.54, 1.807) is 27.7 Å². The molecule has 0 bridgehead atoms. The van der Waals surface area contributed by atoms with Gasteiger partial charge < -0.3 is 9.88 Å². The molecule has 6 nitrogen and oxygen atoms in total. The van der Waals surface area contributed by atoms with Crippen molar-refractivity contribution in [3.05, 3.63) is 136 Å². The summed E-state index contributed by atoms with van der Waals surface area (Å²) in [5, 5.41) is 7.76. The number of aryl methyl sites for hydroxylation is 1. The fourth-order valence-electron chi connectivity index (χ4n) is 3.97. The normalized spacial score (nSPS) is 10.8. The molecule has 5 aromatic rings. The summed E-state index contributed by atoms with van der Waals surface area (Å²) < 4.78 is 3.37. The van der Waals surface area contributed by atoms with E-state index >= 15 is 0 Å². The van der Waals surface area contributed by atoms with Gasteiger partial charge in [0, 0.05) is 29.7 Å². The molecule has 0 spiro atoms. The number of nitrogens with one attached hydrogen (secondary N) is 1. The third-order valence-electron chi connectivity index (χ3n) is 5.84. The second-order valence-electron chi connectivity index (χ2n) is 8.30. The lowest BCUT2D eigenvalue weighted by Crippen LogP contribution is -2.18. The SMILES string of the molecule is Cc1ccccc1-c1nn(-c2ccccc2)cc1C(=O)Nc1ccc(Cn2ccccc2=O)cc1. The summed E-state index contributed by atoms with van der Waals surface area (Å²) in [6.45, 7) is 2.48. The number of amides is 1. The van der Waals surface area contributed by atoms with E-state index in [0.717, 1.165) is 22.4 Å². The van der Waals surface area contributed by atoms with Gasteiger partial charge in [0.05, 0.1) is 17.8 Å². The zero-order valence-corrected chi connectivity index (χ0v) is 19.3. The van der Waals surface area contributed by atoms with Crippen LogP contribution in [-0.2, 0) is 6.54 Å². The summed E-state index contributed by atoms with van der Waals surface area (Å²) in [4.78, 5) is 25.3. The number of rotatable bonds is 6. The summed E-state index contributed by atoms with van der Waals surface area (Å²) >= 11 is 0. The highest BCUT2D eigenvalue weighted by molar-refractivity contribution is 6.08. The summed E-state index contributed by atoms with van der Waals surface area (Å²) in [6, 6.07) is 30.2. The Morgan fingerprint density at radius 3 is 2.31 bits per heavy atom. The van der Waals surface area contributed by atoms with Gasteiger partial charge in [-0.25, -0.2) is 4.68 Å². The largest absolute Gasteiger partial charge is 0.322 e. The van der Waals surface area contributed by atoms with Crippen molar-refractivity contribution in [1.29, 1.82) is 0 Å². The highest BCUT2D eigenvalue weighted by Gasteiger charge is 2.20. The van der Waals surface area contributed by atoms with Crippen LogP contribution < -0.4 is 10.9 Å². The molecule has 2 aromatic heterocycles. The van der Waals surface area contributed by atoms with Gasteiger partial charge in [-0.3, -0.25) is 9.59 Å². The third-order valence-corrected chi connectivity index (χ3v) is 5.84. The summed E-state index contributed by atoms with van der Waals surface area (Å²) in [6.07, 6.45) is 3.53. The fraction of sp³-hybridized carbons (Fsp3) is 0.0690. The molecular formula is C29H24N4O2. The van der Waals surface area contributed by atoms with Crippen LogP contribution in [0.3, 0.4) is 0 Å². The zero-order chi connectivity index (χ0) is 24.2. The second-order valence-corrected chi connectivity index (χ2v) is 8.30. The first kappa shape index (κ1) is 22.1. The van der Waals surface area contributed by atoms with Crippen molar-refractivity contribution in [3.8, 4) is 16.9 Å². The Balaban J connectivity index is 1.43. The lowest BCUT2D eigenvalue weighted by molar-refractivity contribution is 0.102. The molecule has 0 fully saturated rings. The van der Waals surface area contributed by atoms with Gasteiger partial charge in [-0.2, -0.15) is 5.10 Å². The molecule has 172 valence electrons. The van der Waals surface area contributed by atoms with Crippen LogP contribution in [0.25, 0.3) is 16.9 Å². The summed E-state index contributed by atoms with van der Waals surface area (Å²) in [7, 11) is 0. The Morgan fingerprint density at radius 1 is 0.857 bits per heavy atom. The van der Waals surface area contributed by atoms with E-state index in [1.165, 1.54) is 6.07 Å². The Labute approximate surface area is 203 Å². The standard InChI is InChI=1S/C29H24N4O2/c1-21-9-5-6-12-25(21)28-26(20-33(31-28)24-10-3-2-4-11-24)29(35)30-23-16-14-22(15-17-23)19-32-18-8-7-13-27(32)34/h2-18,20H,19H2,1H3,(H,30,35). The van der Waals surface area contributed by atoms with Gasteiger partial charge in [0.15, 0.2) is 0 Å². The van der Waals surface area contributed by atoms with Gasteiger partial charge in [0.1, 0.15) is 5.69 Å². The molecule has 0 atom stereocenters. The second kappa shape index (κ2) is 9.65. The first-order chi connectivity index (χ1) is 17.1. The first-order valence-corrected chi connectivity index (χ1v) is 11.4. The molecule has 3 aromatic carbocycles. The molecule has 0 aliphatic carbocycles. The van der Waals surface area contributed by atoms with Crippen molar-refractivity contribution < 1.29 is 4.79 Å². The molecule has 0 saturated heterocycles. The highest BCUT2D eigenvalue weighted by atomic mass is 16.1. The number of carbonyl (C=O) groups is 1. The predicted molar refractivity (Wildman–Crippen MR) is 138 cm³/mol. The molecule has 5 rings (SSSR count). The molecule has 0 radical (unpaired) electrons. The minimum absolute atomic E-state index is 0.0518. The van der Waals surface area contributed by atoms with Gasteiger partial charge in [-0.15, -0.1) is 0 Å². The first-order valence-electron chi connectivity index (χ1n) is 11.4. The molecule has 35 heavy (non-hydrogen) atoms. The van der Waals surface area contributed by atoms with Crippen LogP contribution in [0, 0.1) is 6.92 Å². The van der Waals surface area contributed by atoms with Crippen molar-refractivity contribution in [2.24, 2.45) is 0 Å². The smallest absolute Gasteiger partial charge is 0.259 e. The van der Waals surface area contributed by atoms with Gasteiger partial charge in [-0.05, 0) is 48.4 Å². The van der Waals surface area contributed by atoms with Crippen molar-refractivity contribution in [1.82, 2.24) is 14.3 Å². The van der Waals surface area contributed by atoms with Gasteiger partial charge in [-0.1, -0.05) is 60.7 Å². The van der Waals surface area contributed by atoms with Crippen LogP contribution in [0.2, 0.25) is 0 Å². The lowest BCUT2D eigenvalue weighted by atomic mass is 10.0. The van der Waals surface area contributed by atoms with Gasteiger partial charge >= 0.3 is 0 Å². The quantitative estimate of drug-likeness (QED) is 0.373. The van der Waals surface area contributed by atoms with E-state index in [-0.39, 0.29) is 11.5 Å². The maximum absolute atomic E-state index is 13.4. The van der Waals surface area contributed by atoms with E-state index < -0.39 is 0 Å². The third kappa shape index (κ3) is 4.82. The number of nitrogens with zero attached hydrogens (tertiary/aromatic N) is 3. The predicted octanol–water partition coefficient (Wildman–Crippen LogP) is 5.31. The van der Waals surface area contributed by atoms with Crippen molar-refractivity contribution >= 4 is 11.6 Å². The van der Waals surface area contributed by atoms with Crippen LogP contribution >= 0.6 is 0 Å². The number of pyridine rings is 1. The van der Waals surface area contributed by atoms with Gasteiger partial charge in [0.25, 0.3) is 11.5 Å². The molecule has 0 aliphatic rings. The van der Waals surface area contributed by atoms with Crippen molar-refractivity contribution in [2.75, 3.05) is 5.32 Å². The average Bonchev–Trinajstić information content (AvgIpc) is 3.33. The summed E-state index contributed by atoms with van der Waals surface area (Å²) in [5.74, 6) is -0.238. The molecule has 1 N–H and O–H groups in total. The number of carbonyl (C=O) groups excluding carboxylic acids is 1. The Morgan fingerprint density at radius 2 is 1.57 bits per heavy atom. The Kier molecular flexibility index (Phi) is 6.09. The van der Waals surface area contributed by atoms with Crippen LogP contribution in [0.5, 0.6) is 0 Å². The van der Waals surface area contributed by atoms with E-state index in [1.807, 2.05) is 91.9 Å². The Bertz CT molecular complexity index is 1530. The maximum atomic E-state index is 13.4.